The first-order chi connectivity index (χ1) is 13.5. The van der Waals surface area contributed by atoms with Crippen LogP contribution < -0.4 is 5.73 Å². The van der Waals surface area contributed by atoms with Gasteiger partial charge in [0.05, 0.1) is 25.7 Å². The number of carbonyl (C=O) groups is 2. The maximum Gasteiger partial charge on any atom is 0.338 e. The van der Waals surface area contributed by atoms with Gasteiger partial charge in [0.2, 0.25) is 5.88 Å². The Morgan fingerprint density at radius 1 is 1.14 bits per heavy atom. The lowest BCUT2D eigenvalue weighted by Crippen LogP contribution is -2.27. The molecule has 28 heavy (non-hydrogen) atoms. The Morgan fingerprint density at radius 2 is 1.86 bits per heavy atom. The summed E-state index contributed by atoms with van der Waals surface area (Å²) in [6, 6.07) is 15.2. The van der Waals surface area contributed by atoms with E-state index in [9.17, 15) is 14.9 Å². The summed E-state index contributed by atoms with van der Waals surface area (Å²) in [6.07, 6.45) is -0.318. The molecule has 0 saturated heterocycles. The molecule has 1 aliphatic heterocycles. The van der Waals surface area contributed by atoms with Crippen molar-refractivity contribution in [1.29, 1.82) is 5.26 Å². The van der Waals surface area contributed by atoms with Crippen molar-refractivity contribution < 1.29 is 23.8 Å². The molecule has 0 aliphatic carbocycles. The highest BCUT2D eigenvalue weighted by Gasteiger charge is 2.38. The number of nitrogens with zero attached hydrogens (tertiary/aromatic N) is 1. The first-order valence-electron chi connectivity index (χ1n) is 8.45. The van der Waals surface area contributed by atoms with Gasteiger partial charge in [-0.2, -0.15) is 5.26 Å². The van der Waals surface area contributed by atoms with Crippen molar-refractivity contribution in [3.8, 4) is 6.07 Å². The highest BCUT2D eigenvalue weighted by atomic mass is 16.5. The van der Waals surface area contributed by atoms with Crippen LogP contribution in [0.15, 0.2) is 65.3 Å². The van der Waals surface area contributed by atoms with E-state index in [-0.39, 0.29) is 29.2 Å². The number of rotatable bonds is 4. The van der Waals surface area contributed by atoms with Crippen molar-refractivity contribution in [3.63, 3.8) is 0 Å². The molecule has 1 aliphatic rings. The van der Waals surface area contributed by atoms with Gasteiger partial charge in [-0.25, -0.2) is 4.79 Å². The number of hydrogen-bond acceptors (Lipinski definition) is 7. The fraction of sp³-hybridized carbons (Fsp3) is 0.190. The lowest BCUT2D eigenvalue weighted by molar-refractivity contribution is -0.140. The molecule has 0 unspecified atom stereocenters. The second kappa shape index (κ2) is 7.84. The van der Waals surface area contributed by atoms with Crippen LogP contribution in [0.4, 0.5) is 0 Å². The standard InChI is InChI=1S/C21H18N2O5/c1-26-17(24)10-16-19(21(25)27-2)18(15(11-22)20(23)28-16)14-9-5-7-12-6-3-4-8-13(12)14/h3-9,18H,10,23H2,1-2H3/t18-/m0/s1. The Bertz CT molecular complexity index is 1060. The van der Waals surface area contributed by atoms with E-state index in [1.165, 1.54) is 14.2 Å². The van der Waals surface area contributed by atoms with Crippen molar-refractivity contribution in [3.05, 3.63) is 70.8 Å². The van der Waals surface area contributed by atoms with Crippen LogP contribution >= 0.6 is 0 Å². The number of nitrogens with two attached hydrogens (primary N) is 1. The van der Waals surface area contributed by atoms with Gasteiger partial charge in [0.25, 0.3) is 0 Å². The van der Waals surface area contributed by atoms with Gasteiger partial charge in [-0.1, -0.05) is 42.5 Å². The zero-order valence-electron chi connectivity index (χ0n) is 15.4. The topological polar surface area (TPSA) is 112 Å². The molecular weight excluding hydrogens is 360 g/mol. The Balaban J connectivity index is 2.31. The van der Waals surface area contributed by atoms with Gasteiger partial charge < -0.3 is 19.9 Å². The Morgan fingerprint density at radius 3 is 2.54 bits per heavy atom. The zero-order valence-corrected chi connectivity index (χ0v) is 15.4. The summed E-state index contributed by atoms with van der Waals surface area (Å²) in [5, 5.41) is 11.5. The second-order valence-electron chi connectivity index (χ2n) is 6.07. The Labute approximate surface area is 161 Å². The van der Waals surface area contributed by atoms with Gasteiger partial charge in [0.15, 0.2) is 0 Å². The van der Waals surface area contributed by atoms with Gasteiger partial charge in [-0.15, -0.1) is 0 Å². The predicted octanol–water partition coefficient (Wildman–Crippen LogP) is 2.64. The molecule has 1 atom stereocenters. The number of benzene rings is 2. The van der Waals surface area contributed by atoms with E-state index in [0.717, 1.165) is 10.8 Å². The minimum absolute atomic E-state index is 0.00753. The number of nitriles is 1. The zero-order chi connectivity index (χ0) is 20.3. The molecule has 0 spiro atoms. The van der Waals surface area contributed by atoms with Gasteiger partial charge in [-0.05, 0) is 16.3 Å². The minimum atomic E-state index is -0.836. The summed E-state index contributed by atoms with van der Waals surface area (Å²) < 4.78 is 15.1. The lowest BCUT2D eigenvalue weighted by atomic mass is 9.80. The molecule has 1 heterocycles. The normalized spacial score (nSPS) is 16.4. The molecular formula is C21H18N2O5. The maximum absolute atomic E-state index is 12.7. The molecule has 142 valence electrons. The first-order valence-corrected chi connectivity index (χ1v) is 8.45. The van der Waals surface area contributed by atoms with E-state index in [1.54, 1.807) is 0 Å². The Hall–Kier alpha value is -3.79. The SMILES string of the molecule is COC(=O)CC1=C(C(=O)OC)[C@@H](c2cccc3ccccc23)C(C#N)=C(N)O1. The van der Waals surface area contributed by atoms with Crippen molar-refractivity contribution >= 4 is 22.7 Å². The third-order valence-corrected chi connectivity index (χ3v) is 4.57. The van der Waals surface area contributed by atoms with Crippen LogP contribution in [0, 0.1) is 11.3 Å². The molecule has 2 aromatic rings. The summed E-state index contributed by atoms with van der Waals surface area (Å²) in [4.78, 5) is 24.5. The number of methoxy groups -OCH3 is 2. The average molecular weight is 378 g/mol. The van der Waals surface area contributed by atoms with E-state index in [4.69, 9.17) is 15.2 Å². The monoisotopic (exact) mass is 378 g/mol. The quantitative estimate of drug-likeness (QED) is 0.814. The summed E-state index contributed by atoms with van der Waals surface area (Å²) in [7, 11) is 2.45. The maximum atomic E-state index is 12.7. The molecule has 7 nitrogen and oxygen atoms in total. The van der Waals surface area contributed by atoms with E-state index in [1.807, 2.05) is 48.5 Å². The van der Waals surface area contributed by atoms with Crippen molar-refractivity contribution in [2.75, 3.05) is 14.2 Å². The molecule has 0 saturated carbocycles. The smallest absolute Gasteiger partial charge is 0.338 e. The highest BCUT2D eigenvalue weighted by molar-refractivity contribution is 5.96. The number of esters is 2. The summed E-state index contributed by atoms with van der Waals surface area (Å²) in [6.45, 7) is 0. The van der Waals surface area contributed by atoms with Crippen LogP contribution in [0.2, 0.25) is 0 Å². The van der Waals surface area contributed by atoms with Crippen LogP contribution in [-0.4, -0.2) is 26.2 Å². The molecule has 0 amide bonds. The average Bonchev–Trinajstić information content (AvgIpc) is 2.72. The molecule has 2 N–H and O–H groups in total. The van der Waals surface area contributed by atoms with Crippen molar-refractivity contribution in [2.24, 2.45) is 5.73 Å². The minimum Gasteiger partial charge on any atom is -0.469 e. The number of carbonyl (C=O) groups excluding carboxylic acids is 2. The van der Waals surface area contributed by atoms with Crippen LogP contribution in [0.5, 0.6) is 0 Å². The van der Waals surface area contributed by atoms with Crippen molar-refractivity contribution in [1.82, 2.24) is 0 Å². The fourth-order valence-electron chi connectivity index (χ4n) is 3.30. The molecule has 0 aromatic heterocycles. The summed E-state index contributed by atoms with van der Waals surface area (Å²) in [5.41, 5.74) is 6.78. The largest absolute Gasteiger partial charge is 0.469 e. The summed E-state index contributed by atoms with van der Waals surface area (Å²) in [5.74, 6) is -2.31. The van der Waals surface area contributed by atoms with Crippen LogP contribution in [0.1, 0.15) is 17.9 Å². The molecule has 3 rings (SSSR count). The molecule has 7 heteroatoms. The van der Waals surface area contributed by atoms with Crippen molar-refractivity contribution in [2.45, 2.75) is 12.3 Å². The van der Waals surface area contributed by atoms with E-state index >= 15 is 0 Å². The van der Waals surface area contributed by atoms with Crippen LogP contribution in [0.3, 0.4) is 0 Å². The first kappa shape index (κ1) is 19.0. The number of fused-ring (bicyclic) bond motifs is 1. The van der Waals surface area contributed by atoms with E-state index < -0.39 is 17.9 Å². The van der Waals surface area contributed by atoms with Gasteiger partial charge >= 0.3 is 11.9 Å². The van der Waals surface area contributed by atoms with Crippen LogP contribution in [0.25, 0.3) is 10.8 Å². The van der Waals surface area contributed by atoms with E-state index in [2.05, 4.69) is 4.74 Å². The summed E-state index contributed by atoms with van der Waals surface area (Å²) >= 11 is 0. The number of ether oxygens (including phenoxy) is 3. The van der Waals surface area contributed by atoms with E-state index in [0.29, 0.717) is 5.56 Å². The van der Waals surface area contributed by atoms with Gasteiger partial charge in [-0.3, -0.25) is 4.79 Å². The molecule has 0 radical (unpaired) electrons. The van der Waals surface area contributed by atoms with Gasteiger partial charge in [0.1, 0.15) is 23.8 Å². The third-order valence-electron chi connectivity index (χ3n) is 4.57. The fourth-order valence-corrected chi connectivity index (χ4v) is 3.30. The predicted molar refractivity (Wildman–Crippen MR) is 100 cm³/mol. The van der Waals surface area contributed by atoms with Crippen LogP contribution in [-0.2, 0) is 23.8 Å². The third kappa shape index (κ3) is 3.28. The lowest BCUT2D eigenvalue weighted by Gasteiger charge is -2.28. The number of hydrogen-bond donors (Lipinski definition) is 1. The van der Waals surface area contributed by atoms with Gasteiger partial charge in [0, 0.05) is 0 Å². The Kier molecular flexibility index (Phi) is 5.32. The number of allylic oxidation sites excluding steroid dienone is 1. The molecule has 0 fully saturated rings. The second-order valence-corrected chi connectivity index (χ2v) is 6.07. The molecule has 2 aromatic carbocycles. The molecule has 0 bridgehead atoms. The highest BCUT2D eigenvalue weighted by Crippen LogP contribution is 2.42.